The zero-order valence-electron chi connectivity index (χ0n) is 10.6. The third-order valence-electron chi connectivity index (χ3n) is 2.06. The molecule has 0 aliphatic carbocycles. The third kappa shape index (κ3) is 3.52. The Labute approximate surface area is 105 Å². The normalized spacial score (nSPS) is 9.39. The molecule has 2 aromatic rings. The van der Waals surface area contributed by atoms with Crippen LogP contribution >= 0.6 is 0 Å². The molecular weight excluding hydrogens is 236 g/mol. The van der Waals surface area contributed by atoms with Crippen LogP contribution in [0.2, 0.25) is 0 Å². The molecule has 96 valence electrons. The number of pyridine rings is 1. The van der Waals surface area contributed by atoms with Crippen LogP contribution in [-0.2, 0) is 0 Å². The quantitative estimate of drug-likeness (QED) is 0.784. The van der Waals surface area contributed by atoms with Gasteiger partial charge in [0.2, 0.25) is 5.88 Å². The van der Waals surface area contributed by atoms with E-state index in [1.54, 1.807) is 25.3 Å². The van der Waals surface area contributed by atoms with Gasteiger partial charge in [-0.15, -0.1) is 0 Å². The third-order valence-corrected chi connectivity index (χ3v) is 2.06. The van der Waals surface area contributed by atoms with Crippen LogP contribution in [0.4, 0.5) is 8.78 Å². The fourth-order valence-electron chi connectivity index (χ4n) is 1.24. The van der Waals surface area contributed by atoms with E-state index >= 15 is 0 Å². The molecule has 0 saturated carbocycles. The van der Waals surface area contributed by atoms with Crippen molar-refractivity contribution >= 4 is 0 Å². The van der Waals surface area contributed by atoms with Gasteiger partial charge in [-0.25, -0.2) is 13.8 Å². The second-order valence-corrected chi connectivity index (χ2v) is 3.30. The summed E-state index contributed by atoms with van der Waals surface area (Å²) in [6.07, 6.45) is 1.55. The summed E-state index contributed by atoms with van der Waals surface area (Å²) in [5, 5.41) is 0. The van der Waals surface area contributed by atoms with Gasteiger partial charge in [-0.05, 0) is 25.1 Å². The molecule has 0 unspecified atom stereocenters. The van der Waals surface area contributed by atoms with Crippen molar-refractivity contribution in [2.75, 3.05) is 0 Å². The maximum absolute atomic E-state index is 13.3. The second kappa shape index (κ2) is 6.69. The summed E-state index contributed by atoms with van der Waals surface area (Å²) >= 11 is 0. The van der Waals surface area contributed by atoms with Gasteiger partial charge in [-0.2, -0.15) is 0 Å². The lowest BCUT2D eigenvalue weighted by Gasteiger charge is -2.07. The highest BCUT2D eigenvalue weighted by atomic mass is 19.1. The van der Waals surface area contributed by atoms with E-state index in [2.05, 4.69) is 4.98 Å². The maximum atomic E-state index is 13.3. The van der Waals surface area contributed by atoms with Crippen molar-refractivity contribution in [2.24, 2.45) is 0 Å². The smallest absolute Gasteiger partial charge is 0.222 e. The van der Waals surface area contributed by atoms with Gasteiger partial charge in [0.05, 0.1) is 0 Å². The van der Waals surface area contributed by atoms with E-state index in [1.807, 2.05) is 13.8 Å². The summed E-state index contributed by atoms with van der Waals surface area (Å²) in [4.78, 5) is 3.95. The van der Waals surface area contributed by atoms with Crippen LogP contribution in [0, 0.1) is 18.6 Å². The molecule has 0 aliphatic rings. The van der Waals surface area contributed by atoms with Crippen molar-refractivity contribution < 1.29 is 13.5 Å². The Hall–Kier alpha value is -1.97. The van der Waals surface area contributed by atoms with Gasteiger partial charge in [0.15, 0.2) is 11.6 Å². The number of ether oxygens (including phenoxy) is 1. The molecule has 2 rings (SSSR count). The number of rotatable bonds is 2. The minimum absolute atomic E-state index is 0.0387. The molecule has 0 amide bonds. The van der Waals surface area contributed by atoms with Crippen LogP contribution in [0.15, 0.2) is 36.5 Å². The minimum Gasteiger partial charge on any atom is -0.436 e. The highest BCUT2D eigenvalue weighted by Gasteiger charge is 2.08. The first-order valence-electron chi connectivity index (χ1n) is 5.71. The number of nitrogens with zero attached hydrogens (tertiary/aromatic N) is 1. The molecule has 1 aromatic carbocycles. The van der Waals surface area contributed by atoms with Crippen molar-refractivity contribution in [1.82, 2.24) is 4.98 Å². The van der Waals surface area contributed by atoms with E-state index in [0.717, 1.165) is 17.7 Å². The lowest BCUT2D eigenvalue weighted by Crippen LogP contribution is -1.93. The average Bonchev–Trinajstić information content (AvgIpc) is 2.38. The zero-order chi connectivity index (χ0) is 13.5. The number of aryl methyl sites for hydroxylation is 1. The summed E-state index contributed by atoms with van der Waals surface area (Å²) in [6.45, 7) is 5.80. The molecule has 0 aliphatic heterocycles. The van der Waals surface area contributed by atoms with Gasteiger partial charge in [0.1, 0.15) is 5.82 Å². The van der Waals surface area contributed by atoms with Crippen molar-refractivity contribution in [3.8, 4) is 11.6 Å². The van der Waals surface area contributed by atoms with Gasteiger partial charge in [0.25, 0.3) is 0 Å². The van der Waals surface area contributed by atoms with Crippen LogP contribution in [0.1, 0.15) is 19.4 Å². The number of benzene rings is 1. The van der Waals surface area contributed by atoms with Crippen LogP contribution in [-0.4, -0.2) is 4.98 Å². The number of hydrogen-bond donors (Lipinski definition) is 0. The molecule has 2 nitrogen and oxygen atoms in total. The number of aromatic nitrogens is 1. The van der Waals surface area contributed by atoms with E-state index in [9.17, 15) is 8.78 Å². The van der Waals surface area contributed by atoms with E-state index < -0.39 is 11.6 Å². The topological polar surface area (TPSA) is 22.1 Å². The number of hydrogen-bond acceptors (Lipinski definition) is 2. The summed E-state index contributed by atoms with van der Waals surface area (Å²) in [6, 6.07) is 6.69. The molecule has 0 atom stereocenters. The maximum Gasteiger partial charge on any atom is 0.222 e. The zero-order valence-corrected chi connectivity index (χ0v) is 10.6. The Morgan fingerprint density at radius 2 is 1.83 bits per heavy atom. The molecule has 0 bridgehead atoms. The Morgan fingerprint density at radius 3 is 2.44 bits per heavy atom. The summed E-state index contributed by atoms with van der Waals surface area (Å²) in [5.74, 6) is -1.11. The van der Waals surface area contributed by atoms with E-state index in [4.69, 9.17) is 4.74 Å². The molecule has 1 heterocycles. The van der Waals surface area contributed by atoms with Crippen LogP contribution in [0.25, 0.3) is 0 Å². The Morgan fingerprint density at radius 1 is 1.11 bits per heavy atom. The van der Waals surface area contributed by atoms with Crippen molar-refractivity contribution in [3.05, 3.63) is 53.7 Å². The fourth-order valence-corrected chi connectivity index (χ4v) is 1.24. The summed E-state index contributed by atoms with van der Waals surface area (Å²) in [7, 11) is 0. The number of halogens is 2. The molecule has 0 saturated heterocycles. The van der Waals surface area contributed by atoms with Gasteiger partial charge in [-0.1, -0.05) is 19.9 Å². The van der Waals surface area contributed by atoms with Crippen molar-refractivity contribution in [2.45, 2.75) is 20.8 Å². The van der Waals surface area contributed by atoms with Crippen molar-refractivity contribution in [1.29, 1.82) is 0 Å². The molecule has 1 aromatic heterocycles. The first kappa shape index (κ1) is 14.1. The SMILES string of the molecule is CC.Cc1cccnc1Oc1ccc(F)cc1F. The average molecular weight is 251 g/mol. The van der Waals surface area contributed by atoms with Crippen molar-refractivity contribution in [3.63, 3.8) is 0 Å². The predicted molar refractivity (Wildman–Crippen MR) is 66.8 cm³/mol. The predicted octanol–water partition coefficient (Wildman–Crippen LogP) is 4.49. The Kier molecular flexibility index (Phi) is 5.24. The second-order valence-electron chi connectivity index (χ2n) is 3.30. The van der Waals surface area contributed by atoms with Gasteiger partial charge >= 0.3 is 0 Å². The largest absolute Gasteiger partial charge is 0.436 e. The van der Waals surface area contributed by atoms with Gasteiger partial charge in [0, 0.05) is 17.8 Å². The standard InChI is InChI=1S/C12H9F2NO.C2H6/c1-8-3-2-6-15-12(8)16-11-5-4-9(13)7-10(11)14;1-2/h2-7H,1H3;1-2H3. The first-order chi connectivity index (χ1) is 8.66. The highest BCUT2D eigenvalue weighted by molar-refractivity contribution is 5.32. The molecule has 0 N–H and O–H groups in total. The lowest BCUT2D eigenvalue weighted by molar-refractivity contribution is 0.421. The monoisotopic (exact) mass is 251 g/mol. The fraction of sp³-hybridized carbons (Fsp3) is 0.214. The minimum atomic E-state index is -0.745. The molecule has 4 heteroatoms. The summed E-state index contributed by atoms with van der Waals surface area (Å²) in [5.41, 5.74) is 0.784. The Bertz CT molecular complexity index is 515. The molecular formula is C14H15F2NO. The molecule has 0 spiro atoms. The molecule has 0 radical (unpaired) electrons. The molecule has 18 heavy (non-hydrogen) atoms. The van der Waals surface area contributed by atoms with E-state index in [-0.39, 0.29) is 5.75 Å². The van der Waals surface area contributed by atoms with E-state index in [0.29, 0.717) is 5.88 Å². The van der Waals surface area contributed by atoms with Crippen LogP contribution in [0.3, 0.4) is 0 Å². The van der Waals surface area contributed by atoms with Gasteiger partial charge in [-0.3, -0.25) is 0 Å². The lowest BCUT2D eigenvalue weighted by atomic mass is 10.3. The van der Waals surface area contributed by atoms with Gasteiger partial charge < -0.3 is 4.74 Å². The van der Waals surface area contributed by atoms with E-state index in [1.165, 1.54) is 6.07 Å². The first-order valence-corrected chi connectivity index (χ1v) is 5.71. The molecule has 0 fully saturated rings. The summed E-state index contributed by atoms with van der Waals surface area (Å²) < 4.78 is 31.2. The van der Waals surface area contributed by atoms with Crippen LogP contribution < -0.4 is 4.74 Å². The highest BCUT2D eigenvalue weighted by Crippen LogP contribution is 2.25. The Balaban J connectivity index is 0.000000771. The van der Waals surface area contributed by atoms with Crippen LogP contribution in [0.5, 0.6) is 11.6 Å².